The van der Waals surface area contributed by atoms with Crippen LogP contribution in [0.4, 0.5) is 11.4 Å². The van der Waals surface area contributed by atoms with E-state index in [0.29, 0.717) is 13.2 Å². The zero-order chi connectivity index (χ0) is 22.4. The van der Waals surface area contributed by atoms with Gasteiger partial charge in [-0.25, -0.2) is 8.42 Å². The molecule has 1 unspecified atom stereocenters. The first-order valence-electron chi connectivity index (χ1n) is 9.93. The first-order chi connectivity index (χ1) is 14.8. The van der Waals surface area contributed by atoms with Crippen LogP contribution < -0.4 is 10.2 Å². The van der Waals surface area contributed by atoms with E-state index in [9.17, 15) is 18.3 Å². The van der Waals surface area contributed by atoms with E-state index in [1.807, 2.05) is 30.3 Å². The lowest BCUT2D eigenvalue weighted by molar-refractivity contribution is -0.115. The number of hydrogen-bond acceptors (Lipinski definition) is 6. The van der Waals surface area contributed by atoms with Crippen molar-refractivity contribution >= 4 is 38.9 Å². The Bertz CT molecular complexity index is 995. The van der Waals surface area contributed by atoms with Crippen molar-refractivity contribution in [3.63, 3.8) is 0 Å². The van der Waals surface area contributed by atoms with Gasteiger partial charge in [0.25, 0.3) is 0 Å². The van der Waals surface area contributed by atoms with Crippen LogP contribution in [0.1, 0.15) is 6.92 Å². The molecule has 0 aliphatic carbocycles. The van der Waals surface area contributed by atoms with Crippen molar-refractivity contribution in [3.8, 4) is 0 Å². The maximum absolute atomic E-state index is 12.9. The van der Waals surface area contributed by atoms with Crippen LogP contribution in [0.25, 0.3) is 0 Å². The Morgan fingerprint density at radius 1 is 1.23 bits per heavy atom. The fraction of sp³-hybridized carbons (Fsp3) is 0.381. The smallest absolute Gasteiger partial charge is 0.243 e. The molecule has 10 heteroatoms. The van der Waals surface area contributed by atoms with E-state index in [-0.39, 0.29) is 47.7 Å². The third-order valence-electron chi connectivity index (χ3n) is 4.76. The molecule has 1 aliphatic heterocycles. The number of para-hydroxylation sites is 1. The van der Waals surface area contributed by atoms with E-state index < -0.39 is 16.1 Å². The van der Waals surface area contributed by atoms with Crippen LogP contribution in [0, 0.1) is 0 Å². The van der Waals surface area contributed by atoms with Gasteiger partial charge in [-0.05, 0) is 37.3 Å². The van der Waals surface area contributed by atoms with Crippen molar-refractivity contribution in [2.24, 2.45) is 0 Å². The van der Waals surface area contributed by atoms with Gasteiger partial charge in [-0.15, -0.1) is 0 Å². The zero-order valence-corrected chi connectivity index (χ0v) is 18.8. The second-order valence-corrected chi connectivity index (χ2v) is 9.62. The number of nitrogens with zero attached hydrogens (tertiary/aromatic N) is 2. The van der Waals surface area contributed by atoms with E-state index in [4.69, 9.17) is 16.3 Å². The Morgan fingerprint density at radius 2 is 1.90 bits per heavy atom. The van der Waals surface area contributed by atoms with Crippen LogP contribution in [0.15, 0.2) is 53.4 Å². The van der Waals surface area contributed by atoms with Crippen molar-refractivity contribution in [1.29, 1.82) is 0 Å². The molecule has 1 heterocycles. The highest BCUT2D eigenvalue weighted by atomic mass is 35.5. The fourth-order valence-corrected chi connectivity index (χ4v) is 4.88. The number of nitrogens with one attached hydrogen (secondary N) is 1. The Labute approximate surface area is 187 Å². The molecule has 1 saturated heterocycles. The van der Waals surface area contributed by atoms with Gasteiger partial charge in [0.1, 0.15) is 0 Å². The van der Waals surface area contributed by atoms with E-state index in [2.05, 4.69) is 5.32 Å². The lowest BCUT2D eigenvalue weighted by Gasteiger charge is -2.27. The Kier molecular flexibility index (Phi) is 7.90. The molecule has 0 spiro atoms. The standard InChI is InChI=1S/C21H26ClN3O5S/c1-16(26)14-24(17-5-3-2-4-6-17)15-21(27)23-20-13-18(7-8-19(20)22)31(28,29)25-9-11-30-12-10-25/h2-8,13,16,26H,9-12,14-15H2,1H3,(H,23,27). The monoisotopic (exact) mass is 467 g/mol. The minimum atomic E-state index is -3.72. The summed E-state index contributed by atoms with van der Waals surface area (Å²) in [6, 6.07) is 13.5. The van der Waals surface area contributed by atoms with Gasteiger partial charge < -0.3 is 20.1 Å². The van der Waals surface area contributed by atoms with Crippen molar-refractivity contribution < 1.29 is 23.1 Å². The number of morpholine rings is 1. The molecule has 0 aromatic heterocycles. The number of aliphatic hydroxyl groups is 1. The Morgan fingerprint density at radius 3 is 2.55 bits per heavy atom. The average Bonchev–Trinajstić information content (AvgIpc) is 2.75. The number of benzene rings is 2. The van der Waals surface area contributed by atoms with Gasteiger partial charge in [0.05, 0.1) is 41.5 Å². The van der Waals surface area contributed by atoms with Crippen LogP contribution in [-0.4, -0.2) is 69.2 Å². The van der Waals surface area contributed by atoms with Crippen molar-refractivity contribution in [2.45, 2.75) is 17.9 Å². The lowest BCUT2D eigenvalue weighted by atomic mass is 10.2. The second kappa shape index (κ2) is 10.4. The number of ether oxygens (including phenoxy) is 1. The number of hydrogen-bond donors (Lipinski definition) is 2. The molecule has 0 saturated carbocycles. The van der Waals surface area contributed by atoms with Crippen LogP contribution in [0.5, 0.6) is 0 Å². The number of aliphatic hydroxyl groups excluding tert-OH is 1. The molecule has 2 aromatic rings. The minimum Gasteiger partial charge on any atom is -0.392 e. The summed E-state index contributed by atoms with van der Waals surface area (Å²) in [6.45, 7) is 3.10. The summed E-state index contributed by atoms with van der Waals surface area (Å²) in [4.78, 5) is 14.5. The summed E-state index contributed by atoms with van der Waals surface area (Å²) in [5.41, 5.74) is 0.999. The lowest BCUT2D eigenvalue weighted by Crippen LogP contribution is -2.40. The van der Waals surface area contributed by atoms with Gasteiger partial charge >= 0.3 is 0 Å². The summed E-state index contributed by atoms with van der Waals surface area (Å²) in [7, 11) is -3.72. The number of carbonyl (C=O) groups is 1. The van der Waals surface area contributed by atoms with E-state index in [0.717, 1.165) is 5.69 Å². The van der Waals surface area contributed by atoms with E-state index in [1.165, 1.54) is 22.5 Å². The number of halogens is 1. The third kappa shape index (κ3) is 6.18. The summed E-state index contributed by atoms with van der Waals surface area (Å²) >= 11 is 6.22. The van der Waals surface area contributed by atoms with Gasteiger partial charge in [0.15, 0.2) is 0 Å². The number of anilines is 2. The normalized spacial score (nSPS) is 16.0. The first kappa shape index (κ1) is 23.5. The molecule has 2 aromatic carbocycles. The quantitative estimate of drug-likeness (QED) is 0.617. The van der Waals surface area contributed by atoms with E-state index >= 15 is 0 Å². The van der Waals surface area contributed by atoms with Crippen molar-refractivity contribution in [3.05, 3.63) is 53.6 Å². The topological polar surface area (TPSA) is 99.2 Å². The zero-order valence-electron chi connectivity index (χ0n) is 17.2. The molecule has 1 aliphatic rings. The largest absolute Gasteiger partial charge is 0.392 e. The first-order valence-corrected chi connectivity index (χ1v) is 11.7. The van der Waals surface area contributed by atoms with E-state index in [1.54, 1.807) is 11.8 Å². The summed E-state index contributed by atoms with van der Waals surface area (Å²) in [5.74, 6) is -0.382. The van der Waals surface area contributed by atoms with Crippen LogP contribution in [-0.2, 0) is 19.6 Å². The molecule has 0 bridgehead atoms. The van der Waals surface area contributed by atoms with Gasteiger partial charge in [-0.2, -0.15) is 4.31 Å². The predicted octanol–water partition coefficient (Wildman–Crippen LogP) is 2.19. The highest BCUT2D eigenvalue weighted by Gasteiger charge is 2.27. The molecule has 31 heavy (non-hydrogen) atoms. The average molecular weight is 468 g/mol. The molecular formula is C21H26ClN3O5S. The van der Waals surface area contributed by atoms with Gasteiger partial charge in [0, 0.05) is 25.3 Å². The highest BCUT2D eigenvalue weighted by molar-refractivity contribution is 7.89. The Balaban J connectivity index is 1.76. The summed E-state index contributed by atoms with van der Waals surface area (Å²) in [5, 5.41) is 12.7. The number of amides is 1. The maximum atomic E-state index is 12.9. The molecule has 3 rings (SSSR count). The van der Waals surface area contributed by atoms with Gasteiger partial charge in [-0.1, -0.05) is 29.8 Å². The third-order valence-corrected chi connectivity index (χ3v) is 6.98. The minimum absolute atomic E-state index is 0.0360. The second-order valence-electron chi connectivity index (χ2n) is 7.27. The number of carbonyl (C=O) groups excluding carboxylic acids is 1. The molecule has 8 nitrogen and oxygen atoms in total. The van der Waals surface area contributed by atoms with Crippen molar-refractivity contribution in [1.82, 2.24) is 4.31 Å². The van der Waals surface area contributed by atoms with Crippen LogP contribution >= 0.6 is 11.6 Å². The van der Waals surface area contributed by atoms with Gasteiger partial charge in [-0.3, -0.25) is 4.79 Å². The van der Waals surface area contributed by atoms with Crippen molar-refractivity contribution in [2.75, 3.05) is 49.6 Å². The maximum Gasteiger partial charge on any atom is 0.243 e. The molecule has 168 valence electrons. The van der Waals surface area contributed by atoms with Gasteiger partial charge in [0.2, 0.25) is 15.9 Å². The summed E-state index contributed by atoms with van der Waals surface area (Å²) < 4.78 is 32.4. The summed E-state index contributed by atoms with van der Waals surface area (Å²) in [6.07, 6.45) is -0.640. The molecule has 0 radical (unpaired) electrons. The SMILES string of the molecule is CC(O)CN(CC(=O)Nc1cc(S(=O)(=O)N2CCOCC2)ccc1Cl)c1ccccc1. The van der Waals surface area contributed by atoms with Crippen LogP contribution in [0.2, 0.25) is 5.02 Å². The number of rotatable bonds is 8. The fourth-order valence-electron chi connectivity index (χ4n) is 3.28. The molecule has 1 atom stereocenters. The number of sulfonamides is 1. The molecular weight excluding hydrogens is 442 g/mol. The molecule has 1 amide bonds. The predicted molar refractivity (Wildman–Crippen MR) is 120 cm³/mol. The Hall–Kier alpha value is -2.17. The molecule has 1 fully saturated rings. The molecule has 2 N–H and O–H groups in total. The highest BCUT2D eigenvalue weighted by Crippen LogP contribution is 2.27. The van der Waals surface area contributed by atoms with Crippen LogP contribution in [0.3, 0.4) is 0 Å².